The van der Waals surface area contributed by atoms with Crippen molar-refractivity contribution in [2.45, 2.75) is 0 Å². The Kier molecular flexibility index (Phi) is 3.75. The van der Waals surface area contributed by atoms with Crippen LogP contribution in [0.1, 0.15) is 10.4 Å². The topological polar surface area (TPSA) is 17.1 Å². The van der Waals surface area contributed by atoms with Crippen molar-refractivity contribution in [1.82, 2.24) is 0 Å². The lowest BCUT2D eigenvalue weighted by Crippen LogP contribution is -2.01. The van der Waals surface area contributed by atoms with E-state index in [9.17, 15) is 9.18 Å². The van der Waals surface area contributed by atoms with Gasteiger partial charge in [0.15, 0.2) is 5.78 Å². The quantitative estimate of drug-likeness (QED) is 0.726. The molecule has 0 N–H and O–H groups in total. The molecule has 1 aromatic rings. The zero-order chi connectivity index (χ0) is 9.84. The summed E-state index contributed by atoms with van der Waals surface area (Å²) in [7, 11) is 0. The molecule has 1 aromatic carbocycles. The summed E-state index contributed by atoms with van der Waals surface area (Å²) in [6, 6.07) is 4.01. The third-order valence-corrected chi connectivity index (χ3v) is 2.36. The fourth-order valence-corrected chi connectivity index (χ4v) is 1.49. The van der Waals surface area contributed by atoms with Gasteiger partial charge in [-0.05, 0) is 24.5 Å². The van der Waals surface area contributed by atoms with Crippen LogP contribution in [0.25, 0.3) is 0 Å². The van der Waals surface area contributed by atoms with E-state index in [0.717, 1.165) is 0 Å². The minimum absolute atomic E-state index is 0.00745. The molecule has 0 saturated heterocycles. The first-order valence-corrected chi connectivity index (χ1v) is 5.39. The predicted octanol–water partition coefficient (Wildman–Crippen LogP) is 3.02. The highest BCUT2D eigenvalue weighted by atomic mass is 35.5. The summed E-state index contributed by atoms with van der Waals surface area (Å²) in [5.74, 6) is -0.140. The van der Waals surface area contributed by atoms with Crippen LogP contribution in [0.4, 0.5) is 4.39 Å². The van der Waals surface area contributed by atoms with E-state index in [4.69, 9.17) is 11.6 Å². The van der Waals surface area contributed by atoms with Crippen molar-refractivity contribution in [3.05, 3.63) is 34.6 Å². The molecule has 0 aliphatic heterocycles. The molecule has 0 amide bonds. The van der Waals surface area contributed by atoms with Crippen LogP contribution in [-0.2, 0) is 0 Å². The van der Waals surface area contributed by atoms with Crippen LogP contribution in [0.2, 0.25) is 5.02 Å². The average Bonchev–Trinajstić information content (AvgIpc) is 2.10. The zero-order valence-electron chi connectivity index (χ0n) is 7.01. The smallest absolute Gasteiger partial charge is 0.172 e. The minimum Gasteiger partial charge on any atom is -0.293 e. The molecule has 0 fully saturated rings. The predicted molar refractivity (Wildman–Crippen MR) is 54.1 cm³/mol. The van der Waals surface area contributed by atoms with E-state index in [-0.39, 0.29) is 10.8 Å². The first kappa shape index (κ1) is 10.5. The number of ketones is 1. The van der Waals surface area contributed by atoms with Crippen LogP contribution in [0, 0.1) is 5.82 Å². The molecular formula is C9H8ClFOS. The fraction of sp³-hybridized carbons (Fsp3) is 0.222. The minimum atomic E-state index is -0.498. The van der Waals surface area contributed by atoms with Crippen LogP contribution in [0.3, 0.4) is 0 Å². The molecule has 0 aliphatic carbocycles. The molecule has 0 atom stereocenters. The van der Waals surface area contributed by atoms with Crippen molar-refractivity contribution < 1.29 is 9.18 Å². The number of rotatable bonds is 3. The van der Waals surface area contributed by atoms with Gasteiger partial charge >= 0.3 is 0 Å². The molecule has 0 radical (unpaired) electrons. The van der Waals surface area contributed by atoms with Gasteiger partial charge in [0.2, 0.25) is 0 Å². The van der Waals surface area contributed by atoms with Gasteiger partial charge in [0.25, 0.3) is 0 Å². The third kappa shape index (κ3) is 2.71. The Morgan fingerprint density at radius 1 is 1.62 bits per heavy atom. The lowest BCUT2D eigenvalue weighted by molar-refractivity contribution is 0.102. The molecular weight excluding hydrogens is 211 g/mol. The molecule has 0 aliphatic rings. The zero-order valence-corrected chi connectivity index (χ0v) is 8.58. The van der Waals surface area contributed by atoms with E-state index < -0.39 is 5.82 Å². The van der Waals surface area contributed by atoms with Crippen LogP contribution < -0.4 is 0 Å². The lowest BCUT2D eigenvalue weighted by Gasteiger charge is -1.99. The Morgan fingerprint density at radius 2 is 2.31 bits per heavy atom. The number of halogens is 2. The Balaban J connectivity index is 2.90. The van der Waals surface area contributed by atoms with Gasteiger partial charge in [-0.2, -0.15) is 11.8 Å². The van der Waals surface area contributed by atoms with Gasteiger partial charge in [-0.3, -0.25) is 4.79 Å². The van der Waals surface area contributed by atoms with Gasteiger partial charge in [0.1, 0.15) is 5.82 Å². The van der Waals surface area contributed by atoms with Crippen molar-refractivity contribution in [1.29, 1.82) is 0 Å². The summed E-state index contributed by atoms with van der Waals surface area (Å²) in [5, 5.41) is -0.00745. The second-order valence-corrected chi connectivity index (χ2v) is 3.76. The van der Waals surface area contributed by atoms with E-state index in [0.29, 0.717) is 11.3 Å². The van der Waals surface area contributed by atoms with Crippen molar-refractivity contribution >= 4 is 29.1 Å². The van der Waals surface area contributed by atoms with Gasteiger partial charge in [0.05, 0.1) is 10.8 Å². The number of hydrogen-bond acceptors (Lipinski definition) is 2. The highest BCUT2D eigenvalue weighted by molar-refractivity contribution is 7.99. The summed E-state index contributed by atoms with van der Waals surface area (Å²) in [6.45, 7) is 0. The van der Waals surface area contributed by atoms with Gasteiger partial charge in [-0.1, -0.05) is 11.6 Å². The van der Waals surface area contributed by atoms with Gasteiger partial charge in [-0.15, -0.1) is 0 Å². The van der Waals surface area contributed by atoms with Crippen molar-refractivity contribution in [2.24, 2.45) is 0 Å². The number of thioether (sulfide) groups is 1. The molecule has 1 rings (SSSR count). The maximum Gasteiger partial charge on any atom is 0.172 e. The molecule has 0 bridgehead atoms. The monoisotopic (exact) mass is 218 g/mol. The number of hydrogen-bond donors (Lipinski definition) is 0. The van der Waals surface area contributed by atoms with E-state index in [1.165, 1.54) is 30.0 Å². The standard InChI is InChI=1S/C9H8ClFOS/c1-13-5-9(12)6-2-3-8(11)7(10)4-6/h2-4H,5H2,1H3. The molecule has 0 unspecified atom stereocenters. The molecule has 0 aromatic heterocycles. The maximum absolute atomic E-state index is 12.7. The largest absolute Gasteiger partial charge is 0.293 e. The first-order valence-electron chi connectivity index (χ1n) is 3.62. The number of benzene rings is 1. The first-order chi connectivity index (χ1) is 6.15. The highest BCUT2D eigenvalue weighted by Gasteiger charge is 2.07. The Hall–Kier alpha value is -0.540. The molecule has 4 heteroatoms. The molecule has 0 saturated carbocycles. The summed E-state index contributed by atoms with van der Waals surface area (Å²) in [6.07, 6.45) is 1.84. The third-order valence-electron chi connectivity index (χ3n) is 1.52. The normalized spacial score (nSPS) is 10.1. The maximum atomic E-state index is 12.7. The Labute approximate surface area is 85.3 Å². The van der Waals surface area contributed by atoms with E-state index >= 15 is 0 Å². The summed E-state index contributed by atoms with van der Waals surface area (Å²) >= 11 is 6.95. The Bertz CT molecular complexity index is 327. The number of carbonyl (C=O) groups is 1. The van der Waals surface area contributed by atoms with Gasteiger partial charge in [0, 0.05) is 5.56 Å². The second kappa shape index (κ2) is 4.63. The molecule has 70 valence electrons. The van der Waals surface area contributed by atoms with Crippen LogP contribution in [-0.4, -0.2) is 17.8 Å². The van der Waals surface area contributed by atoms with Crippen LogP contribution in [0.5, 0.6) is 0 Å². The van der Waals surface area contributed by atoms with Gasteiger partial charge < -0.3 is 0 Å². The molecule has 1 nitrogen and oxygen atoms in total. The highest BCUT2D eigenvalue weighted by Crippen LogP contribution is 2.17. The lowest BCUT2D eigenvalue weighted by atomic mass is 10.1. The van der Waals surface area contributed by atoms with E-state index in [2.05, 4.69) is 0 Å². The second-order valence-electron chi connectivity index (χ2n) is 2.49. The average molecular weight is 219 g/mol. The molecule has 0 heterocycles. The van der Waals surface area contributed by atoms with Crippen LogP contribution in [0.15, 0.2) is 18.2 Å². The van der Waals surface area contributed by atoms with Gasteiger partial charge in [-0.25, -0.2) is 4.39 Å². The molecule has 0 spiro atoms. The summed E-state index contributed by atoms with van der Waals surface area (Å²) in [4.78, 5) is 11.3. The van der Waals surface area contributed by atoms with Crippen molar-refractivity contribution in [3.8, 4) is 0 Å². The van der Waals surface area contributed by atoms with Crippen molar-refractivity contribution in [2.75, 3.05) is 12.0 Å². The van der Waals surface area contributed by atoms with Crippen LogP contribution >= 0.6 is 23.4 Å². The number of Topliss-reactive ketones (excluding diaryl/α,β-unsaturated/α-hetero) is 1. The van der Waals surface area contributed by atoms with Crippen molar-refractivity contribution in [3.63, 3.8) is 0 Å². The Morgan fingerprint density at radius 3 is 2.85 bits per heavy atom. The number of carbonyl (C=O) groups excluding carboxylic acids is 1. The van der Waals surface area contributed by atoms with E-state index in [1.54, 1.807) is 0 Å². The molecule has 13 heavy (non-hydrogen) atoms. The summed E-state index contributed by atoms with van der Waals surface area (Å²) < 4.78 is 12.7. The fourth-order valence-electron chi connectivity index (χ4n) is 0.884. The summed E-state index contributed by atoms with van der Waals surface area (Å²) in [5.41, 5.74) is 0.459. The SMILES string of the molecule is CSCC(=O)c1ccc(F)c(Cl)c1. The van der Waals surface area contributed by atoms with E-state index in [1.807, 2.05) is 6.26 Å².